The highest BCUT2D eigenvalue weighted by atomic mass is 16.3. The molecule has 0 aliphatic carbocycles. The highest BCUT2D eigenvalue weighted by Gasteiger charge is 2.20. The lowest BCUT2D eigenvalue weighted by Crippen LogP contribution is -2.48. The van der Waals surface area contributed by atoms with Gasteiger partial charge in [-0.2, -0.15) is 0 Å². The summed E-state index contributed by atoms with van der Waals surface area (Å²) < 4.78 is 0. The predicted molar refractivity (Wildman–Crippen MR) is 61.2 cm³/mol. The lowest BCUT2D eigenvalue weighted by Gasteiger charge is -2.20. The number of carbonyl (C=O) groups excluding carboxylic acids is 1. The van der Waals surface area contributed by atoms with Crippen LogP contribution in [0.1, 0.15) is 5.56 Å². The average Bonchev–Trinajstić information content (AvgIpc) is 2.37. The maximum Gasteiger partial charge on any atom is 0.256 e. The smallest absolute Gasteiger partial charge is 0.256 e. The third kappa shape index (κ3) is 2.80. The quantitative estimate of drug-likeness (QED) is 0.163. The summed E-state index contributed by atoms with van der Waals surface area (Å²) in [5.74, 6) is 2.95. The highest BCUT2D eigenvalue weighted by Crippen LogP contribution is 2.37. The largest absolute Gasteiger partial charge is 0.504 e. The van der Waals surface area contributed by atoms with Gasteiger partial charge in [0.05, 0.1) is 13.2 Å². The molecule has 0 fully saturated rings. The van der Waals surface area contributed by atoms with Crippen LogP contribution in [-0.2, 0) is 11.3 Å². The Morgan fingerprint density at radius 1 is 1.28 bits per heavy atom. The zero-order chi connectivity index (χ0) is 13.9. The lowest BCUT2D eigenvalue weighted by molar-refractivity contribution is -0.134. The van der Waals surface area contributed by atoms with E-state index in [9.17, 15) is 15.0 Å². The molecule has 1 unspecified atom stereocenters. The zero-order valence-electron chi connectivity index (χ0n) is 9.45. The fraction of sp³-hybridized carbons (Fsp3) is 0.300. The molecule has 8 N–H and O–H groups in total. The lowest BCUT2D eigenvalue weighted by atomic mass is 10.1. The number of aliphatic hydroxyl groups is 1. The fourth-order valence-electron chi connectivity index (χ4n) is 1.29. The molecule has 8 nitrogen and oxygen atoms in total. The van der Waals surface area contributed by atoms with Crippen molar-refractivity contribution in [1.82, 2.24) is 5.01 Å². The Bertz CT molecular complexity index is 451. The van der Waals surface area contributed by atoms with Crippen molar-refractivity contribution < 1.29 is 25.2 Å². The zero-order valence-corrected chi connectivity index (χ0v) is 9.45. The Kier molecular flexibility index (Phi) is 4.32. The van der Waals surface area contributed by atoms with Gasteiger partial charge in [0.2, 0.25) is 5.75 Å². The van der Waals surface area contributed by atoms with Crippen LogP contribution in [0.15, 0.2) is 12.1 Å². The van der Waals surface area contributed by atoms with E-state index in [-0.39, 0.29) is 12.1 Å². The number of aromatic hydroxyl groups is 3. The van der Waals surface area contributed by atoms with Gasteiger partial charge in [-0.15, -0.1) is 0 Å². The van der Waals surface area contributed by atoms with Crippen molar-refractivity contribution in [1.29, 1.82) is 0 Å². The van der Waals surface area contributed by atoms with Gasteiger partial charge in [0.1, 0.15) is 6.04 Å². The Hall–Kier alpha value is -2.03. The number of nitrogens with two attached hydrogens (primary N) is 2. The molecule has 100 valence electrons. The number of hydrazine groups is 1. The summed E-state index contributed by atoms with van der Waals surface area (Å²) in [4.78, 5) is 11.5. The van der Waals surface area contributed by atoms with Gasteiger partial charge in [0, 0.05) is 5.56 Å². The normalized spacial score (nSPS) is 12.2. The highest BCUT2D eigenvalue weighted by molar-refractivity contribution is 5.81. The van der Waals surface area contributed by atoms with Crippen LogP contribution < -0.4 is 11.6 Å². The van der Waals surface area contributed by atoms with Crippen molar-refractivity contribution in [3.8, 4) is 17.2 Å². The first-order valence-electron chi connectivity index (χ1n) is 5.03. The van der Waals surface area contributed by atoms with Crippen LogP contribution in [0.4, 0.5) is 0 Å². The van der Waals surface area contributed by atoms with Crippen LogP contribution in [0.25, 0.3) is 0 Å². The molecule has 1 rings (SSSR count). The number of carbonyl (C=O) groups is 1. The molecule has 1 amide bonds. The van der Waals surface area contributed by atoms with Crippen molar-refractivity contribution in [2.45, 2.75) is 12.6 Å². The van der Waals surface area contributed by atoms with E-state index in [2.05, 4.69) is 0 Å². The van der Waals surface area contributed by atoms with Crippen molar-refractivity contribution in [3.05, 3.63) is 17.7 Å². The molecule has 0 aliphatic rings. The first-order valence-corrected chi connectivity index (χ1v) is 5.03. The van der Waals surface area contributed by atoms with E-state index >= 15 is 0 Å². The number of phenolic OH excluding ortho intramolecular Hbond substituents is 3. The van der Waals surface area contributed by atoms with Crippen LogP contribution in [0.5, 0.6) is 17.2 Å². The standard InChI is InChI=1S/C10H15N3O5/c11-6(4-14)10(18)13(12)3-5-1-2-7(15)9(17)8(5)16/h1-2,6,14-17H,3-4,11-12H2. The van der Waals surface area contributed by atoms with Crippen LogP contribution in [0, 0.1) is 0 Å². The number of nitrogens with zero attached hydrogens (tertiary/aromatic N) is 1. The maximum absolute atomic E-state index is 11.5. The number of amides is 1. The van der Waals surface area contributed by atoms with Crippen LogP contribution in [0.3, 0.4) is 0 Å². The molecule has 0 heterocycles. The Labute approximate surface area is 103 Å². The molecule has 0 spiro atoms. The monoisotopic (exact) mass is 257 g/mol. The topological polar surface area (TPSA) is 153 Å². The van der Waals surface area contributed by atoms with E-state index in [4.69, 9.17) is 21.8 Å². The molecule has 1 aromatic carbocycles. The van der Waals surface area contributed by atoms with E-state index < -0.39 is 35.8 Å². The van der Waals surface area contributed by atoms with Crippen molar-refractivity contribution in [2.24, 2.45) is 11.6 Å². The summed E-state index contributed by atoms with van der Waals surface area (Å²) in [5.41, 5.74) is 5.42. The molecule has 1 aromatic rings. The Balaban J connectivity index is 2.86. The summed E-state index contributed by atoms with van der Waals surface area (Å²) in [5, 5.41) is 37.3. The van der Waals surface area contributed by atoms with Gasteiger partial charge in [-0.1, -0.05) is 0 Å². The van der Waals surface area contributed by atoms with Crippen LogP contribution in [0.2, 0.25) is 0 Å². The molecule has 0 saturated carbocycles. The van der Waals surface area contributed by atoms with Gasteiger partial charge in [0.15, 0.2) is 11.5 Å². The first kappa shape index (κ1) is 14.0. The second-order valence-electron chi connectivity index (χ2n) is 3.70. The molecule has 0 aromatic heterocycles. The number of phenols is 3. The first-order chi connectivity index (χ1) is 8.38. The Morgan fingerprint density at radius 2 is 1.89 bits per heavy atom. The van der Waals surface area contributed by atoms with Gasteiger partial charge in [-0.3, -0.25) is 9.80 Å². The van der Waals surface area contributed by atoms with Crippen molar-refractivity contribution in [2.75, 3.05) is 6.61 Å². The van der Waals surface area contributed by atoms with Gasteiger partial charge >= 0.3 is 0 Å². The van der Waals surface area contributed by atoms with E-state index in [1.54, 1.807) is 0 Å². The summed E-state index contributed by atoms with van der Waals surface area (Å²) in [6.07, 6.45) is 0. The predicted octanol–water partition coefficient (Wildman–Crippen LogP) is -1.67. The van der Waals surface area contributed by atoms with Gasteiger partial charge in [-0.05, 0) is 12.1 Å². The third-order valence-electron chi connectivity index (χ3n) is 2.35. The summed E-state index contributed by atoms with van der Waals surface area (Å²) >= 11 is 0. The fourth-order valence-corrected chi connectivity index (χ4v) is 1.29. The van der Waals surface area contributed by atoms with E-state index in [1.807, 2.05) is 0 Å². The minimum atomic E-state index is -1.15. The molecule has 0 saturated heterocycles. The third-order valence-corrected chi connectivity index (χ3v) is 2.35. The maximum atomic E-state index is 11.5. The molecular formula is C10H15N3O5. The van der Waals surface area contributed by atoms with E-state index in [1.165, 1.54) is 6.07 Å². The molecule has 18 heavy (non-hydrogen) atoms. The number of benzene rings is 1. The SMILES string of the molecule is NC(CO)C(=O)N(N)Cc1ccc(O)c(O)c1O. The minimum Gasteiger partial charge on any atom is -0.504 e. The summed E-state index contributed by atoms with van der Waals surface area (Å²) in [6, 6.07) is 1.29. The molecule has 8 heteroatoms. The summed E-state index contributed by atoms with van der Waals surface area (Å²) in [6.45, 7) is -0.786. The number of hydrogen-bond donors (Lipinski definition) is 6. The second-order valence-corrected chi connectivity index (χ2v) is 3.70. The van der Waals surface area contributed by atoms with Gasteiger partial charge < -0.3 is 26.2 Å². The summed E-state index contributed by atoms with van der Waals surface area (Å²) in [7, 11) is 0. The van der Waals surface area contributed by atoms with E-state index in [0.717, 1.165) is 6.07 Å². The van der Waals surface area contributed by atoms with E-state index in [0.29, 0.717) is 5.01 Å². The Morgan fingerprint density at radius 3 is 2.44 bits per heavy atom. The molecule has 0 bridgehead atoms. The van der Waals surface area contributed by atoms with Crippen LogP contribution >= 0.6 is 0 Å². The number of rotatable bonds is 4. The average molecular weight is 257 g/mol. The second kappa shape index (κ2) is 5.54. The van der Waals surface area contributed by atoms with Crippen molar-refractivity contribution in [3.63, 3.8) is 0 Å². The van der Waals surface area contributed by atoms with Gasteiger partial charge in [-0.25, -0.2) is 5.84 Å². The molecule has 0 aliphatic heterocycles. The minimum absolute atomic E-state index is 0.131. The number of aliphatic hydroxyl groups excluding tert-OH is 1. The molecule has 1 atom stereocenters. The molecule has 0 radical (unpaired) electrons. The van der Waals surface area contributed by atoms with Crippen LogP contribution in [-0.4, -0.2) is 44.0 Å². The van der Waals surface area contributed by atoms with Gasteiger partial charge in [0.25, 0.3) is 5.91 Å². The van der Waals surface area contributed by atoms with Crippen molar-refractivity contribution >= 4 is 5.91 Å². The molecular weight excluding hydrogens is 242 g/mol. The number of hydrogen-bond acceptors (Lipinski definition) is 7.